The van der Waals surface area contributed by atoms with Crippen LogP contribution in [0.4, 0.5) is 0 Å². The molecular formula is C18H19BrN2O5. The molecule has 1 fully saturated rings. The first-order valence-corrected chi connectivity index (χ1v) is 9.08. The monoisotopic (exact) mass is 422 g/mol. The van der Waals surface area contributed by atoms with Gasteiger partial charge in [0.15, 0.2) is 6.61 Å². The Bertz CT molecular complexity index is 839. The van der Waals surface area contributed by atoms with E-state index in [9.17, 15) is 14.4 Å². The van der Waals surface area contributed by atoms with Gasteiger partial charge in [0.25, 0.3) is 5.91 Å². The van der Waals surface area contributed by atoms with Crippen LogP contribution in [-0.2, 0) is 19.1 Å². The van der Waals surface area contributed by atoms with Crippen molar-refractivity contribution < 1.29 is 23.9 Å². The summed E-state index contributed by atoms with van der Waals surface area (Å²) < 4.78 is 10.8. The number of likely N-dealkylation sites (tertiary alicyclic amines) is 1. The molecule has 1 N–H and O–H groups in total. The van der Waals surface area contributed by atoms with Crippen molar-refractivity contribution in [2.75, 3.05) is 26.8 Å². The number of halogens is 1. The van der Waals surface area contributed by atoms with E-state index in [1.54, 1.807) is 11.1 Å². The molecule has 0 spiro atoms. The molecule has 7 nitrogen and oxygen atoms in total. The molecule has 0 unspecified atom stereocenters. The SMILES string of the molecule is COC(=O)C1CCN(C(=O)COC(=O)c2c[nH]c3ccc(Br)cc23)CC1. The number of hydrogen-bond donors (Lipinski definition) is 1. The number of carbonyl (C=O) groups excluding carboxylic acids is 3. The Morgan fingerprint density at radius 3 is 2.69 bits per heavy atom. The van der Waals surface area contributed by atoms with Crippen LogP contribution in [0.25, 0.3) is 10.9 Å². The summed E-state index contributed by atoms with van der Waals surface area (Å²) in [6.07, 6.45) is 2.69. The third-order valence-corrected chi connectivity index (χ3v) is 5.07. The molecule has 8 heteroatoms. The smallest absolute Gasteiger partial charge is 0.340 e. The number of fused-ring (bicyclic) bond motifs is 1. The third-order valence-electron chi connectivity index (χ3n) is 4.57. The number of piperidine rings is 1. The fourth-order valence-electron chi connectivity index (χ4n) is 3.09. The molecule has 138 valence electrons. The predicted molar refractivity (Wildman–Crippen MR) is 97.6 cm³/mol. The molecule has 1 aliphatic rings. The minimum absolute atomic E-state index is 0.170. The number of esters is 2. The lowest BCUT2D eigenvalue weighted by Gasteiger charge is -2.30. The Morgan fingerprint density at radius 2 is 2.00 bits per heavy atom. The zero-order chi connectivity index (χ0) is 18.7. The maximum Gasteiger partial charge on any atom is 0.340 e. The van der Waals surface area contributed by atoms with Crippen LogP contribution < -0.4 is 0 Å². The van der Waals surface area contributed by atoms with E-state index in [0.717, 1.165) is 15.4 Å². The molecule has 0 aliphatic carbocycles. The number of aromatic amines is 1. The summed E-state index contributed by atoms with van der Waals surface area (Å²) in [6, 6.07) is 5.55. The molecule has 1 aliphatic heterocycles. The van der Waals surface area contributed by atoms with Crippen LogP contribution in [0.2, 0.25) is 0 Å². The molecule has 2 aromatic rings. The van der Waals surface area contributed by atoms with E-state index in [2.05, 4.69) is 20.9 Å². The van der Waals surface area contributed by atoms with Crippen LogP contribution >= 0.6 is 15.9 Å². The highest BCUT2D eigenvalue weighted by Crippen LogP contribution is 2.23. The summed E-state index contributed by atoms with van der Waals surface area (Å²) in [5.74, 6) is -1.22. The highest BCUT2D eigenvalue weighted by atomic mass is 79.9. The highest BCUT2D eigenvalue weighted by Gasteiger charge is 2.28. The predicted octanol–water partition coefficient (Wildman–Crippen LogP) is 2.50. The number of ether oxygens (including phenoxy) is 2. The molecule has 26 heavy (non-hydrogen) atoms. The highest BCUT2D eigenvalue weighted by molar-refractivity contribution is 9.10. The van der Waals surface area contributed by atoms with Crippen molar-refractivity contribution >= 4 is 44.7 Å². The summed E-state index contributed by atoms with van der Waals surface area (Å²) in [5.41, 5.74) is 1.20. The Kier molecular flexibility index (Phi) is 5.61. The quantitative estimate of drug-likeness (QED) is 0.764. The van der Waals surface area contributed by atoms with Crippen LogP contribution in [0.5, 0.6) is 0 Å². The number of nitrogens with one attached hydrogen (secondary N) is 1. The zero-order valence-electron chi connectivity index (χ0n) is 14.3. The minimum atomic E-state index is -0.549. The standard InChI is InChI=1S/C18H19BrN2O5/c1-25-17(23)11-4-6-21(7-5-11)16(22)10-26-18(24)14-9-20-15-3-2-12(19)8-13(14)15/h2-3,8-9,11,20H,4-7,10H2,1H3. The van der Waals surface area contributed by atoms with Crippen molar-refractivity contribution in [3.05, 3.63) is 34.4 Å². The van der Waals surface area contributed by atoms with Gasteiger partial charge in [-0.2, -0.15) is 0 Å². The number of H-pyrrole nitrogens is 1. The number of amides is 1. The molecule has 1 saturated heterocycles. The normalized spacial score (nSPS) is 15.1. The van der Waals surface area contributed by atoms with E-state index in [-0.39, 0.29) is 24.4 Å². The molecule has 1 amide bonds. The van der Waals surface area contributed by atoms with Gasteiger partial charge < -0.3 is 19.4 Å². The van der Waals surface area contributed by atoms with Gasteiger partial charge in [0.2, 0.25) is 0 Å². The van der Waals surface area contributed by atoms with Gasteiger partial charge >= 0.3 is 11.9 Å². The number of hydrogen-bond acceptors (Lipinski definition) is 5. The Labute approximate surface area is 158 Å². The van der Waals surface area contributed by atoms with E-state index in [1.807, 2.05) is 18.2 Å². The van der Waals surface area contributed by atoms with Crippen LogP contribution in [0.1, 0.15) is 23.2 Å². The number of nitrogens with zero attached hydrogens (tertiary/aromatic N) is 1. The molecule has 1 aromatic heterocycles. The fourth-order valence-corrected chi connectivity index (χ4v) is 3.45. The first-order chi connectivity index (χ1) is 12.5. The first kappa shape index (κ1) is 18.4. The van der Waals surface area contributed by atoms with Gasteiger partial charge in [-0.25, -0.2) is 4.79 Å². The van der Waals surface area contributed by atoms with Gasteiger partial charge in [-0.3, -0.25) is 9.59 Å². The van der Waals surface area contributed by atoms with E-state index in [4.69, 9.17) is 9.47 Å². The second-order valence-electron chi connectivity index (χ2n) is 6.15. The minimum Gasteiger partial charge on any atom is -0.469 e. The van der Waals surface area contributed by atoms with Gasteiger partial charge in [0.05, 0.1) is 18.6 Å². The maximum atomic E-state index is 12.3. The molecule has 0 saturated carbocycles. The topological polar surface area (TPSA) is 88.7 Å². The first-order valence-electron chi connectivity index (χ1n) is 8.29. The average Bonchev–Trinajstić information content (AvgIpc) is 3.08. The summed E-state index contributed by atoms with van der Waals surface area (Å²) in [7, 11) is 1.36. The van der Waals surface area contributed by atoms with Crippen molar-refractivity contribution in [1.82, 2.24) is 9.88 Å². The van der Waals surface area contributed by atoms with Gasteiger partial charge in [-0.15, -0.1) is 0 Å². The molecular weight excluding hydrogens is 404 g/mol. The molecule has 1 aromatic carbocycles. The number of benzene rings is 1. The second-order valence-corrected chi connectivity index (χ2v) is 7.06. The van der Waals surface area contributed by atoms with Gasteiger partial charge in [0.1, 0.15) is 0 Å². The number of carbonyl (C=O) groups is 3. The fraction of sp³-hybridized carbons (Fsp3) is 0.389. The van der Waals surface area contributed by atoms with E-state index in [1.165, 1.54) is 7.11 Å². The number of aromatic nitrogens is 1. The van der Waals surface area contributed by atoms with E-state index >= 15 is 0 Å². The van der Waals surface area contributed by atoms with Crippen LogP contribution in [0.3, 0.4) is 0 Å². The molecule has 2 heterocycles. The summed E-state index contributed by atoms with van der Waals surface area (Å²) >= 11 is 3.38. The van der Waals surface area contributed by atoms with Crippen molar-refractivity contribution in [3.8, 4) is 0 Å². The number of rotatable bonds is 4. The third kappa shape index (κ3) is 3.90. The lowest BCUT2D eigenvalue weighted by atomic mass is 9.97. The largest absolute Gasteiger partial charge is 0.469 e. The lowest BCUT2D eigenvalue weighted by molar-refractivity contribution is -0.149. The van der Waals surface area contributed by atoms with Gasteiger partial charge in [-0.05, 0) is 31.0 Å². The van der Waals surface area contributed by atoms with Crippen molar-refractivity contribution in [3.63, 3.8) is 0 Å². The van der Waals surface area contributed by atoms with E-state index in [0.29, 0.717) is 31.5 Å². The summed E-state index contributed by atoms with van der Waals surface area (Å²) in [5, 5.41) is 0.732. The zero-order valence-corrected chi connectivity index (χ0v) is 15.9. The van der Waals surface area contributed by atoms with E-state index < -0.39 is 5.97 Å². The molecule has 0 radical (unpaired) electrons. The molecule has 3 rings (SSSR count). The van der Waals surface area contributed by atoms with Gasteiger partial charge in [-0.1, -0.05) is 15.9 Å². The van der Waals surface area contributed by atoms with Crippen molar-refractivity contribution in [2.45, 2.75) is 12.8 Å². The number of methoxy groups -OCH3 is 1. The second kappa shape index (κ2) is 7.90. The Hall–Kier alpha value is -2.35. The maximum absolute atomic E-state index is 12.3. The summed E-state index contributed by atoms with van der Waals surface area (Å²) in [6.45, 7) is 0.592. The van der Waals surface area contributed by atoms with Crippen LogP contribution in [0, 0.1) is 5.92 Å². The van der Waals surface area contributed by atoms with Crippen molar-refractivity contribution in [1.29, 1.82) is 0 Å². The molecule has 0 atom stereocenters. The van der Waals surface area contributed by atoms with Crippen LogP contribution in [-0.4, -0.2) is 54.5 Å². The lowest BCUT2D eigenvalue weighted by Crippen LogP contribution is -2.42. The molecule has 0 bridgehead atoms. The average molecular weight is 423 g/mol. The Morgan fingerprint density at radius 1 is 1.27 bits per heavy atom. The summed E-state index contributed by atoms with van der Waals surface area (Å²) in [4.78, 5) is 40.7. The Balaban J connectivity index is 1.55. The van der Waals surface area contributed by atoms with Crippen molar-refractivity contribution in [2.24, 2.45) is 5.92 Å². The van der Waals surface area contributed by atoms with Crippen LogP contribution in [0.15, 0.2) is 28.9 Å². The van der Waals surface area contributed by atoms with Gasteiger partial charge in [0, 0.05) is 34.7 Å².